The second-order valence-corrected chi connectivity index (χ2v) is 5.90. The van der Waals surface area contributed by atoms with Gasteiger partial charge in [-0.05, 0) is 24.6 Å². The second kappa shape index (κ2) is 6.76. The number of nitrogens with zero attached hydrogens (tertiary/aromatic N) is 2. The quantitative estimate of drug-likeness (QED) is 0.889. The standard InChI is InChI=1S/C14H18FN3OS/c1-9(2)7-16-8-12-17-18-14(20-12)13-10(15)5-4-6-11(13)19-3/h4-6,9,16H,7-8H2,1-3H3. The molecule has 0 aliphatic rings. The molecule has 0 unspecified atom stereocenters. The number of rotatable bonds is 6. The summed E-state index contributed by atoms with van der Waals surface area (Å²) in [5.74, 6) is 0.707. The molecule has 0 saturated heterocycles. The molecule has 1 N–H and O–H groups in total. The Hall–Kier alpha value is -1.53. The van der Waals surface area contributed by atoms with Gasteiger partial charge in [-0.3, -0.25) is 0 Å². The molecule has 0 aliphatic heterocycles. The van der Waals surface area contributed by atoms with Crippen LogP contribution in [0.5, 0.6) is 5.75 Å². The van der Waals surface area contributed by atoms with Crippen LogP contribution in [0, 0.1) is 11.7 Å². The second-order valence-electron chi connectivity index (χ2n) is 4.84. The summed E-state index contributed by atoms with van der Waals surface area (Å²) in [4.78, 5) is 0. The van der Waals surface area contributed by atoms with Gasteiger partial charge in [-0.1, -0.05) is 31.3 Å². The first-order chi connectivity index (χ1) is 9.61. The van der Waals surface area contributed by atoms with E-state index in [1.54, 1.807) is 12.1 Å². The predicted molar refractivity (Wildman–Crippen MR) is 78.4 cm³/mol. The lowest BCUT2D eigenvalue weighted by Gasteiger charge is -2.06. The molecule has 2 rings (SSSR count). The van der Waals surface area contributed by atoms with E-state index in [0.29, 0.717) is 28.8 Å². The summed E-state index contributed by atoms with van der Waals surface area (Å²) in [6, 6.07) is 4.73. The molecule has 1 heterocycles. The van der Waals surface area contributed by atoms with Crippen molar-refractivity contribution in [3.05, 3.63) is 29.0 Å². The van der Waals surface area contributed by atoms with E-state index in [2.05, 4.69) is 29.4 Å². The van der Waals surface area contributed by atoms with Crippen LogP contribution in [-0.4, -0.2) is 23.9 Å². The number of ether oxygens (including phenoxy) is 1. The lowest BCUT2D eigenvalue weighted by Crippen LogP contribution is -2.18. The van der Waals surface area contributed by atoms with Gasteiger partial charge in [-0.2, -0.15) is 0 Å². The Morgan fingerprint density at radius 3 is 2.85 bits per heavy atom. The largest absolute Gasteiger partial charge is 0.496 e. The van der Waals surface area contributed by atoms with E-state index in [1.807, 2.05) is 0 Å². The SMILES string of the molecule is COc1cccc(F)c1-c1nnc(CNCC(C)C)s1. The fourth-order valence-corrected chi connectivity index (χ4v) is 2.64. The van der Waals surface area contributed by atoms with Gasteiger partial charge in [0.1, 0.15) is 16.6 Å². The Kier molecular flexibility index (Phi) is 5.03. The van der Waals surface area contributed by atoms with Crippen LogP contribution in [0.25, 0.3) is 10.6 Å². The highest BCUT2D eigenvalue weighted by molar-refractivity contribution is 7.14. The summed E-state index contributed by atoms with van der Waals surface area (Å²) in [5, 5.41) is 12.8. The highest BCUT2D eigenvalue weighted by atomic mass is 32.1. The van der Waals surface area contributed by atoms with Gasteiger partial charge in [0.15, 0.2) is 5.01 Å². The van der Waals surface area contributed by atoms with Gasteiger partial charge in [0.2, 0.25) is 0 Å². The maximum Gasteiger partial charge on any atom is 0.154 e. The molecule has 0 amide bonds. The topological polar surface area (TPSA) is 47.0 Å². The molecule has 0 spiro atoms. The molecule has 20 heavy (non-hydrogen) atoms. The van der Waals surface area contributed by atoms with Crippen molar-refractivity contribution in [2.45, 2.75) is 20.4 Å². The lowest BCUT2D eigenvalue weighted by atomic mass is 10.2. The number of hydrogen-bond donors (Lipinski definition) is 1. The summed E-state index contributed by atoms with van der Waals surface area (Å²) in [5.41, 5.74) is 0.377. The Balaban J connectivity index is 2.16. The molecule has 2 aromatic rings. The van der Waals surface area contributed by atoms with Gasteiger partial charge >= 0.3 is 0 Å². The van der Waals surface area contributed by atoms with Crippen LogP contribution in [0.2, 0.25) is 0 Å². The predicted octanol–water partition coefficient (Wildman–Crippen LogP) is 3.10. The molecule has 0 saturated carbocycles. The number of methoxy groups -OCH3 is 1. The van der Waals surface area contributed by atoms with E-state index in [-0.39, 0.29) is 5.82 Å². The fourth-order valence-electron chi connectivity index (χ4n) is 1.78. The smallest absolute Gasteiger partial charge is 0.154 e. The van der Waals surface area contributed by atoms with Gasteiger partial charge in [0.05, 0.1) is 12.7 Å². The van der Waals surface area contributed by atoms with Crippen molar-refractivity contribution in [2.24, 2.45) is 5.92 Å². The molecule has 4 nitrogen and oxygen atoms in total. The molecule has 0 fully saturated rings. The first-order valence-corrected chi connectivity index (χ1v) is 7.29. The van der Waals surface area contributed by atoms with E-state index in [9.17, 15) is 4.39 Å². The minimum absolute atomic E-state index is 0.345. The van der Waals surface area contributed by atoms with Crippen LogP contribution in [-0.2, 0) is 6.54 Å². The lowest BCUT2D eigenvalue weighted by molar-refractivity contribution is 0.413. The Bertz CT molecular complexity index is 571. The van der Waals surface area contributed by atoms with Crippen molar-refractivity contribution in [3.8, 4) is 16.3 Å². The zero-order valence-corrected chi connectivity index (χ0v) is 12.6. The summed E-state index contributed by atoms with van der Waals surface area (Å²) in [6.45, 7) is 5.84. The Labute approximate surface area is 122 Å². The first-order valence-electron chi connectivity index (χ1n) is 6.47. The van der Waals surface area contributed by atoms with Crippen LogP contribution in [0.3, 0.4) is 0 Å². The van der Waals surface area contributed by atoms with Crippen molar-refractivity contribution in [3.63, 3.8) is 0 Å². The van der Waals surface area contributed by atoms with E-state index < -0.39 is 0 Å². The van der Waals surface area contributed by atoms with Crippen LogP contribution in [0.15, 0.2) is 18.2 Å². The van der Waals surface area contributed by atoms with E-state index in [4.69, 9.17) is 4.74 Å². The number of halogens is 1. The molecule has 6 heteroatoms. The third kappa shape index (κ3) is 3.52. The van der Waals surface area contributed by atoms with E-state index in [1.165, 1.54) is 24.5 Å². The van der Waals surface area contributed by atoms with Gasteiger partial charge in [-0.15, -0.1) is 10.2 Å². The van der Waals surface area contributed by atoms with E-state index in [0.717, 1.165) is 11.6 Å². The van der Waals surface area contributed by atoms with Gasteiger partial charge in [0, 0.05) is 6.54 Å². The summed E-state index contributed by atoms with van der Waals surface area (Å²) in [7, 11) is 1.52. The molecule has 0 radical (unpaired) electrons. The molecule has 1 aromatic heterocycles. The normalized spacial score (nSPS) is 11.1. The molecule has 0 aliphatic carbocycles. The number of aromatic nitrogens is 2. The third-order valence-corrected chi connectivity index (χ3v) is 3.65. The molecular weight excluding hydrogens is 277 g/mol. The van der Waals surface area contributed by atoms with Crippen molar-refractivity contribution < 1.29 is 9.13 Å². The van der Waals surface area contributed by atoms with Gasteiger partial charge in [-0.25, -0.2) is 4.39 Å². The van der Waals surface area contributed by atoms with Gasteiger partial charge in [0.25, 0.3) is 0 Å². The van der Waals surface area contributed by atoms with Crippen molar-refractivity contribution in [1.29, 1.82) is 0 Å². The molecule has 0 bridgehead atoms. The van der Waals surface area contributed by atoms with Crippen LogP contribution in [0.4, 0.5) is 4.39 Å². The average Bonchev–Trinajstić information content (AvgIpc) is 2.86. The molecule has 108 valence electrons. The first kappa shape index (κ1) is 14.9. The Morgan fingerprint density at radius 1 is 1.35 bits per heavy atom. The average molecular weight is 295 g/mol. The van der Waals surface area contributed by atoms with Crippen LogP contribution in [0.1, 0.15) is 18.9 Å². The summed E-state index contributed by atoms with van der Waals surface area (Å²) in [6.07, 6.45) is 0. The zero-order chi connectivity index (χ0) is 14.5. The van der Waals surface area contributed by atoms with E-state index >= 15 is 0 Å². The monoisotopic (exact) mass is 295 g/mol. The number of hydrogen-bond acceptors (Lipinski definition) is 5. The molecule has 0 atom stereocenters. The summed E-state index contributed by atoms with van der Waals surface area (Å²) < 4.78 is 19.1. The number of benzene rings is 1. The highest BCUT2D eigenvalue weighted by Crippen LogP contribution is 2.34. The van der Waals surface area contributed by atoms with Crippen molar-refractivity contribution in [2.75, 3.05) is 13.7 Å². The molecular formula is C14H18FN3OS. The molecule has 1 aromatic carbocycles. The maximum atomic E-state index is 13.9. The van der Waals surface area contributed by atoms with Gasteiger partial charge < -0.3 is 10.1 Å². The van der Waals surface area contributed by atoms with Crippen LogP contribution >= 0.6 is 11.3 Å². The summed E-state index contributed by atoms with van der Waals surface area (Å²) >= 11 is 1.38. The van der Waals surface area contributed by atoms with Crippen molar-refractivity contribution >= 4 is 11.3 Å². The zero-order valence-electron chi connectivity index (χ0n) is 11.8. The minimum Gasteiger partial charge on any atom is -0.496 e. The maximum absolute atomic E-state index is 13.9. The highest BCUT2D eigenvalue weighted by Gasteiger charge is 2.16. The number of nitrogens with one attached hydrogen (secondary N) is 1. The van der Waals surface area contributed by atoms with Crippen molar-refractivity contribution in [1.82, 2.24) is 15.5 Å². The Morgan fingerprint density at radius 2 is 2.15 bits per heavy atom. The minimum atomic E-state index is -0.345. The van der Waals surface area contributed by atoms with Crippen LogP contribution < -0.4 is 10.1 Å². The third-order valence-electron chi connectivity index (χ3n) is 2.70. The fraction of sp³-hybridized carbons (Fsp3) is 0.429.